The zero-order chi connectivity index (χ0) is 31.1. The summed E-state index contributed by atoms with van der Waals surface area (Å²) in [6, 6.07) is 27.9. The third kappa shape index (κ3) is 5.33. The minimum Gasteiger partial charge on any atom is -0.491 e. The number of nitrogens with zero attached hydrogens (tertiary/aromatic N) is 3. The number of benzene rings is 3. The van der Waals surface area contributed by atoms with E-state index in [-0.39, 0.29) is 23.5 Å². The van der Waals surface area contributed by atoms with Gasteiger partial charge in [-0.25, -0.2) is 9.37 Å². The molecule has 7 rings (SSSR count). The Morgan fingerprint density at radius 3 is 2.64 bits per heavy atom. The number of anilines is 3. The molecular weight excluding hydrogens is 587 g/mol. The molecule has 0 radical (unpaired) electrons. The molecule has 226 valence electrons. The van der Waals surface area contributed by atoms with E-state index in [9.17, 15) is 14.0 Å². The summed E-state index contributed by atoms with van der Waals surface area (Å²) >= 11 is 1.35. The molecule has 0 saturated heterocycles. The smallest absolute Gasteiger partial charge is 0.276 e. The lowest BCUT2D eigenvalue weighted by atomic mass is 10.1. The van der Waals surface area contributed by atoms with Crippen LogP contribution in [0.5, 0.6) is 5.75 Å². The van der Waals surface area contributed by atoms with E-state index in [2.05, 4.69) is 23.2 Å². The fraction of sp³-hybridized carbons (Fsp3) is 0.194. The largest absolute Gasteiger partial charge is 0.491 e. The third-order valence-electron chi connectivity index (χ3n) is 8.46. The number of amides is 2. The minimum absolute atomic E-state index is 0.0187. The van der Waals surface area contributed by atoms with E-state index < -0.39 is 5.82 Å². The SMILES string of the molecule is Cc1cccc(F)c1NC(=O)c1cc2c(s1)-c1ccccc1N(C(=O)c1cccc(N3CCOc4ccccc4C3C)n1)CC2. The fourth-order valence-electron chi connectivity index (χ4n) is 6.11. The number of rotatable bonds is 4. The summed E-state index contributed by atoms with van der Waals surface area (Å²) in [7, 11) is 0. The van der Waals surface area contributed by atoms with Crippen molar-refractivity contribution >= 4 is 40.3 Å². The molecule has 7 nitrogen and oxygen atoms in total. The van der Waals surface area contributed by atoms with Gasteiger partial charge in [-0.2, -0.15) is 0 Å². The van der Waals surface area contributed by atoms with Gasteiger partial charge in [-0.3, -0.25) is 9.59 Å². The Hall–Kier alpha value is -5.02. The molecule has 0 saturated carbocycles. The predicted octanol–water partition coefficient (Wildman–Crippen LogP) is 7.67. The monoisotopic (exact) mass is 618 g/mol. The van der Waals surface area contributed by atoms with Crippen molar-refractivity contribution in [2.24, 2.45) is 0 Å². The molecule has 2 amide bonds. The number of carbonyl (C=O) groups is 2. The van der Waals surface area contributed by atoms with Crippen molar-refractivity contribution < 1.29 is 18.7 Å². The number of para-hydroxylation sites is 3. The van der Waals surface area contributed by atoms with Crippen molar-refractivity contribution in [3.8, 4) is 16.2 Å². The molecule has 5 aromatic rings. The lowest BCUT2D eigenvalue weighted by Crippen LogP contribution is -2.34. The van der Waals surface area contributed by atoms with E-state index in [1.807, 2.05) is 60.7 Å². The van der Waals surface area contributed by atoms with Crippen LogP contribution in [0.1, 0.15) is 49.8 Å². The van der Waals surface area contributed by atoms with E-state index >= 15 is 0 Å². The average molecular weight is 619 g/mol. The number of nitrogens with one attached hydrogen (secondary N) is 1. The summed E-state index contributed by atoms with van der Waals surface area (Å²) in [6.07, 6.45) is 0.551. The second kappa shape index (κ2) is 11.8. The van der Waals surface area contributed by atoms with Crippen LogP contribution in [-0.2, 0) is 6.42 Å². The van der Waals surface area contributed by atoms with Crippen LogP contribution in [0.15, 0.2) is 91.0 Å². The molecule has 2 aliphatic rings. The molecule has 0 spiro atoms. The van der Waals surface area contributed by atoms with Gasteiger partial charge in [0, 0.05) is 22.5 Å². The standard InChI is InChI=1S/C36H31FN4O3S/c1-22-9-7-12-27(37)33(22)39-35(42)31-21-24-17-18-41(29-14-5-3-11-26(29)34(24)45-31)36(43)28-13-8-16-32(38-28)40-19-20-44-30-15-6-4-10-25(30)23(40)2/h3-16,21,23H,17-20H2,1-2H3,(H,39,42). The first-order valence-electron chi connectivity index (χ1n) is 14.9. The minimum atomic E-state index is -0.470. The third-order valence-corrected chi connectivity index (χ3v) is 9.67. The number of thiophene rings is 1. The van der Waals surface area contributed by atoms with E-state index in [1.165, 1.54) is 17.4 Å². The van der Waals surface area contributed by atoms with Gasteiger partial charge in [0.15, 0.2) is 0 Å². The molecule has 1 N–H and O–H groups in total. The number of fused-ring (bicyclic) bond motifs is 4. The molecule has 4 heterocycles. The van der Waals surface area contributed by atoms with E-state index in [1.54, 1.807) is 30.0 Å². The number of halogens is 1. The molecule has 2 aliphatic heterocycles. The zero-order valence-corrected chi connectivity index (χ0v) is 25.7. The second-order valence-electron chi connectivity index (χ2n) is 11.2. The van der Waals surface area contributed by atoms with Gasteiger partial charge in [-0.05, 0) is 67.8 Å². The first kappa shape index (κ1) is 28.7. The van der Waals surface area contributed by atoms with E-state index in [0.29, 0.717) is 42.3 Å². The van der Waals surface area contributed by atoms with Crippen LogP contribution in [-0.4, -0.2) is 36.5 Å². The molecule has 9 heteroatoms. The lowest BCUT2D eigenvalue weighted by Gasteiger charge is -2.29. The molecule has 0 bridgehead atoms. The van der Waals surface area contributed by atoms with Crippen LogP contribution in [0.3, 0.4) is 0 Å². The van der Waals surface area contributed by atoms with Crippen LogP contribution in [0.25, 0.3) is 10.4 Å². The second-order valence-corrected chi connectivity index (χ2v) is 12.3. The van der Waals surface area contributed by atoms with Gasteiger partial charge in [0.05, 0.1) is 28.8 Å². The van der Waals surface area contributed by atoms with E-state index in [0.717, 1.165) is 38.8 Å². The van der Waals surface area contributed by atoms with Crippen molar-refractivity contribution in [1.29, 1.82) is 0 Å². The molecule has 0 aliphatic carbocycles. The highest BCUT2D eigenvalue weighted by Gasteiger charge is 2.30. The van der Waals surface area contributed by atoms with Crippen LogP contribution in [0.4, 0.5) is 21.6 Å². The Balaban J connectivity index is 1.17. The fourth-order valence-corrected chi connectivity index (χ4v) is 7.25. The van der Waals surface area contributed by atoms with Crippen molar-refractivity contribution in [1.82, 2.24) is 4.98 Å². The van der Waals surface area contributed by atoms with E-state index in [4.69, 9.17) is 9.72 Å². The first-order valence-corrected chi connectivity index (χ1v) is 15.8. The number of ether oxygens (including phenoxy) is 1. The summed E-state index contributed by atoms with van der Waals surface area (Å²) in [5.74, 6) is 0.574. The van der Waals surface area contributed by atoms with Gasteiger partial charge in [-0.1, -0.05) is 54.6 Å². The normalized spacial score (nSPS) is 15.6. The molecule has 45 heavy (non-hydrogen) atoms. The molecule has 3 aromatic carbocycles. The van der Waals surface area contributed by atoms with Gasteiger partial charge in [0.25, 0.3) is 11.8 Å². The highest BCUT2D eigenvalue weighted by Crippen LogP contribution is 2.42. The Labute approximate surface area is 264 Å². The summed E-state index contributed by atoms with van der Waals surface area (Å²) in [6.45, 7) is 5.46. The number of aromatic nitrogens is 1. The Morgan fingerprint density at radius 2 is 1.78 bits per heavy atom. The number of pyridine rings is 1. The topological polar surface area (TPSA) is 74.8 Å². The van der Waals surface area contributed by atoms with Crippen molar-refractivity contribution in [2.75, 3.05) is 34.8 Å². The predicted molar refractivity (Wildman–Crippen MR) is 176 cm³/mol. The molecule has 1 atom stereocenters. The molecule has 2 aromatic heterocycles. The number of hydrogen-bond acceptors (Lipinski definition) is 6. The van der Waals surface area contributed by atoms with Gasteiger partial charge in [0.1, 0.15) is 29.7 Å². The van der Waals surface area contributed by atoms with Gasteiger partial charge in [0.2, 0.25) is 0 Å². The lowest BCUT2D eigenvalue weighted by molar-refractivity contribution is 0.0981. The molecule has 0 fully saturated rings. The van der Waals surface area contributed by atoms with Gasteiger partial charge >= 0.3 is 0 Å². The average Bonchev–Trinajstić information content (AvgIpc) is 3.33. The molecule has 1 unspecified atom stereocenters. The van der Waals surface area contributed by atoms with Gasteiger partial charge < -0.3 is 19.9 Å². The van der Waals surface area contributed by atoms with Crippen molar-refractivity contribution in [3.63, 3.8) is 0 Å². The highest BCUT2D eigenvalue weighted by molar-refractivity contribution is 7.17. The van der Waals surface area contributed by atoms with Crippen molar-refractivity contribution in [2.45, 2.75) is 26.3 Å². The first-order chi connectivity index (χ1) is 21.9. The van der Waals surface area contributed by atoms with Crippen LogP contribution in [0, 0.1) is 12.7 Å². The van der Waals surface area contributed by atoms with Crippen LogP contribution < -0.4 is 19.9 Å². The number of carbonyl (C=O) groups excluding carboxylic acids is 2. The quantitative estimate of drug-likeness (QED) is 0.224. The number of hydrogen-bond donors (Lipinski definition) is 1. The van der Waals surface area contributed by atoms with Gasteiger partial charge in [-0.15, -0.1) is 11.3 Å². The van der Waals surface area contributed by atoms with Crippen LogP contribution >= 0.6 is 11.3 Å². The summed E-state index contributed by atoms with van der Waals surface area (Å²) in [4.78, 5) is 37.6. The zero-order valence-electron chi connectivity index (χ0n) is 24.9. The Morgan fingerprint density at radius 1 is 0.978 bits per heavy atom. The maximum absolute atomic E-state index is 14.4. The highest BCUT2D eigenvalue weighted by atomic mass is 32.1. The summed E-state index contributed by atoms with van der Waals surface area (Å²) in [5, 5.41) is 2.75. The number of aryl methyl sites for hydroxylation is 1. The summed E-state index contributed by atoms with van der Waals surface area (Å²) < 4.78 is 20.4. The molecular formula is C36H31FN4O3S. The maximum Gasteiger partial charge on any atom is 0.276 e. The van der Waals surface area contributed by atoms with Crippen molar-refractivity contribution in [3.05, 3.63) is 124 Å². The Kier molecular flexibility index (Phi) is 7.55. The Bertz CT molecular complexity index is 1920. The summed E-state index contributed by atoms with van der Waals surface area (Å²) in [5.41, 5.74) is 4.88. The maximum atomic E-state index is 14.4. The van der Waals surface area contributed by atoms with Crippen LogP contribution in [0.2, 0.25) is 0 Å².